The number of carbonyl (C=O) groups excluding carboxylic acids is 1. The van der Waals surface area contributed by atoms with E-state index in [1.807, 2.05) is 0 Å². The minimum absolute atomic E-state index is 0.0274. The van der Waals surface area contributed by atoms with Gasteiger partial charge in [0.1, 0.15) is 0 Å². The van der Waals surface area contributed by atoms with E-state index in [9.17, 15) is 18.0 Å². The fraction of sp³-hybridized carbons (Fsp3) is 0.188. The average Bonchev–Trinajstić information content (AvgIpc) is 3.28. The number of benzene rings is 1. The van der Waals surface area contributed by atoms with Gasteiger partial charge >= 0.3 is 5.76 Å². The molecule has 0 radical (unpaired) electrons. The van der Waals surface area contributed by atoms with Crippen molar-refractivity contribution in [3.63, 3.8) is 0 Å². The van der Waals surface area contributed by atoms with Gasteiger partial charge in [-0.05, 0) is 30.3 Å². The van der Waals surface area contributed by atoms with Gasteiger partial charge in [0.25, 0.3) is 5.91 Å². The molecule has 2 aromatic heterocycles. The van der Waals surface area contributed by atoms with E-state index in [0.717, 1.165) is 9.18 Å². The molecule has 12 heteroatoms. The highest BCUT2D eigenvalue weighted by molar-refractivity contribution is 7.89. The zero-order valence-corrected chi connectivity index (χ0v) is 17.1. The molecule has 3 aromatic rings. The van der Waals surface area contributed by atoms with Gasteiger partial charge in [-0.1, -0.05) is 16.8 Å². The number of H-pyrrole nitrogens is 1. The van der Waals surface area contributed by atoms with Crippen molar-refractivity contribution in [3.05, 3.63) is 56.3 Å². The largest absolute Gasteiger partial charge is 0.439 e. The van der Waals surface area contributed by atoms with Crippen LogP contribution in [0.25, 0.3) is 10.7 Å². The van der Waals surface area contributed by atoms with E-state index in [-0.39, 0.29) is 22.0 Å². The highest BCUT2D eigenvalue weighted by Crippen LogP contribution is 2.25. The van der Waals surface area contributed by atoms with Gasteiger partial charge < -0.3 is 5.32 Å². The van der Waals surface area contributed by atoms with Crippen LogP contribution in [0.1, 0.15) is 15.2 Å². The van der Waals surface area contributed by atoms with Crippen molar-refractivity contribution in [2.24, 2.45) is 0 Å². The third kappa shape index (κ3) is 4.17. The first-order chi connectivity index (χ1) is 13.2. The van der Waals surface area contributed by atoms with Crippen LogP contribution in [0.4, 0.5) is 0 Å². The number of thiophene rings is 1. The summed E-state index contributed by atoms with van der Waals surface area (Å²) in [4.78, 5) is 27.4. The number of nitrogens with one attached hydrogen (secondary N) is 2. The molecule has 0 aliphatic carbocycles. The van der Waals surface area contributed by atoms with E-state index in [1.165, 1.54) is 43.6 Å². The number of rotatable bonds is 6. The molecular weight excluding hydrogens is 428 g/mol. The maximum absolute atomic E-state index is 12.5. The van der Waals surface area contributed by atoms with Crippen molar-refractivity contribution in [2.45, 2.75) is 11.4 Å². The monoisotopic (exact) mass is 442 g/mol. The first-order valence-corrected chi connectivity index (χ1v) is 10.5. The summed E-state index contributed by atoms with van der Waals surface area (Å²) in [5.41, 5.74) is 0.0576. The number of nitrogens with zero attached hydrogens (tertiary/aromatic N) is 2. The lowest BCUT2D eigenvalue weighted by molar-refractivity contribution is 0.0951. The van der Waals surface area contributed by atoms with Gasteiger partial charge in [-0.2, -0.15) is 0 Å². The zero-order valence-electron chi connectivity index (χ0n) is 14.7. The third-order valence-corrected chi connectivity index (χ3v) is 6.95. The Morgan fingerprint density at radius 2 is 2.07 bits per heavy atom. The number of aromatic amines is 1. The molecule has 0 saturated carbocycles. The Hall–Kier alpha value is -2.47. The number of aromatic nitrogens is 2. The first-order valence-electron chi connectivity index (χ1n) is 7.84. The zero-order chi connectivity index (χ0) is 20.5. The van der Waals surface area contributed by atoms with E-state index in [0.29, 0.717) is 10.7 Å². The lowest BCUT2D eigenvalue weighted by atomic mass is 10.2. The smallest absolute Gasteiger partial charge is 0.347 e. The molecule has 0 aliphatic heterocycles. The van der Waals surface area contributed by atoms with E-state index in [4.69, 9.17) is 11.6 Å². The molecule has 0 fully saturated rings. The molecule has 28 heavy (non-hydrogen) atoms. The van der Waals surface area contributed by atoms with Crippen LogP contribution in [0, 0.1) is 0 Å². The SMILES string of the molecule is CN(C)S(=O)(=O)c1ccc(Cl)c(C(=O)NCc2ccc(-c3noc(=O)[nH]3)s2)c1. The highest BCUT2D eigenvalue weighted by Gasteiger charge is 2.21. The normalized spacial score (nSPS) is 11.7. The van der Waals surface area contributed by atoms with Crippen LogP contribution in [-0.4, -0.2) is 42.9 Å². The predicted octanol–water partition coefficient (Wildman–Crippen LogP) is 1.93. The standard InChI is InChI=1S/C16H15ClN4O5S2/c1-21(2)28(24,25)10-4-5-12(17)11(7-10)15(22)18-8-9-3-6-13(27-9)14-19-16(23)26-20-14/h3-7H,8H2,1-2H3,(H,18,22)(H,19,20,23). The van der Waals surface area contributed by atoms with Crippen LogP contribution >= 0.6 is 22.9 Å². The van der Waals surface area contributed by atoms with Crippen LogP contribution in [0.3, 0.4) is 0 Å². The summed E-state index contributed by atoms with van der Waals surface area (Å²) in [7, 11) is -0.884. The molecule has 0 aliphatic rings. The number of halogens is 1. The Kier molecular flexibility index (Phi) is 5.70. The summed E-state index contributed by atoms with van der Waals surface area (Å²) >= 11 is 7.38. The summed E-state index contributed by atoms with van der Waals surface area (Å²) in [5.74, 6) is -0.858. The molecule has 0 spiro atoms. The maximum atomic E-state index is 12.5. The van der Waals surface area contributed by atoms with Crippen molar-refractivity contribution in [2.75, 3.05) is 14.1 Å². The topological polar surface area (TPSA) is 125 Å². The van der Waals surface area contributed by atoms with Gasteiger partial charge in [0.15, 0.2) is 5.82 Å². The molecule has 0 unspecified atom stereocenters. The Bertz CT molecular complexity index is 1180. The first kappa shape index (κ1) is 20.3. The van der Waals surface area contributed by atoms with Crippen LogP contribution in [0.2, 0.25) is 5.02 Å². The molecule has 0 bridgehead atoms. The average molecular weight is 443 g/mol. The molecular formula is C16H15ClN4O5S2. The summed E-state index contributed by atoms with van der Waals surface area (Å²) < 4.78 is 30.0. The summed E-state index contributed by atoms with van der Waals surface area (Å²) in [6.45, 7) is 0.187. The fourth-order valence-electron chi connectivity index (χ4n) is 2.25. The maximum Gasteiger partial charge on any atom is 0.439 e. The molecule has 0 saturated heterocycles. The lowest BCUT2D eigenvalue weighted by Gasteiger charge is -2.13. The van der Waals surface area contributed by atoms with E-state index < -0.39 is 21.7 Å². The third-order valence-electron chi connectivity index (χ3n) is 3.72. The molecule has 2 heterocycles. The van der Waals surface area contributed by atoms with E-state index in [1.54, 1.807) is 12.1 Å². The van der Waals surface area contributed by atoms with Crippen molar-refractivity contribution in [3.8, 4) is 10.7 Å². The van der Waals surface area contributed by atoms with Crippen LogP contribution in [0.15, 0.2) is 44.5 Å². The summed E-state index contributed by atoms with van der Waals surface area (Å²) in [5, 5.41) is 6.44. The van der Waals surface area contributed by atoms with Crippen LogP contribution in [-0.2, 0) is 16.6 Å². The summed E-state index contributed by atoms with van der Waals surface area (Å²) in [6, 6.07) is 7.46. The van der Waals surface area contributed by atoms with Crippen LogP contribution < -0.4 is 11.1 Å². The highest BCUT2D eigenvalue weighted by atomic mass is 35.5. The molecule has 2 N–H and O–H groups in total. The minimum Gasteiger partial charge on any atom is -0.347 e. The van der Waals surface area contributed by atoms with Gasteiger partial charge in [-0.25, -0.2) is 17.5 Å². The van der Waals surface area contributed by atoms with Crippen molar-refractivity contribution >= 4 is 38.9 Å². The van der Waals surface area contributed by atoms with Gasteiger partial charge in [0.2, 0.25) is 10.0 Å². The molecule has 3 rings (SSSR count). The number of sulfonamides is 1. The lowest BCUT2D eigenvalue weighted by Crippen LogP contribution is -2.25. The van der Waals surface area contributed by atoms with Gasteiger partial charge in [0, 0.05) is 19.0 Å². The second-order valence-electron chi connectivity index (χ2n) is 5.82. The van der Waals surface area contributed by atoms with Gasteiger partial charge in [-0.3, -0.25) is 14.3 Å². The summed E-state index contributed by atoms with van der Waals surface area (Å²) in [6.07, 6.45) is 0. The van der Waals surface area contributed by atoms with E-state index >= 15 is 0 Å². The second kappa shape index (κ2) is 7.87. The van der Waals surface area contributed by atoms with Crippen LogP contribution in [0.5, 0.6) is 0 Å². The van der Waals surface area contributed by atoms with E-state index in [2.05, 4.69) is 20.0 Å². The Balaban J connectivity index is 1.75. The number of carbonyl (C=O) groups is 1. The number of amides is 1. The second-order valence-corrected chi connectivity index (χ2v) is 9.55. The molecule has 148 valence electrons. The molecule has 1 amide bonds. The molecule has 0 atom stereocenters. The quantitative estimate of drug-likeness (QED) is 0.600. The van der Waals surface area contributed by atoms with Crippen molar-refractivity contribution < 1.29 is 17.7 Å². The van der Waals surface area contributed by atoms with Crippen molar-refractivity contribution in [1.29, 1.82) is 0 Å². The Labute approximate surface area is 169 Å². The minimum atomic E-state index is -3.69. The number of hydrogen-bond donors (Lipinski definition) is 2. The number of hydrogen-bond acceptors (Lipinski definition) is 7. The Morgan fingerprint density at radius 3 is 2.71 bits per heavy atom. The Morgan fingerprint density at radius 1 is 1.32 bits per heavy atom. The fourth-order valence-corrected chi connectivity index (χ4v) is 4.26. The van der Waals surface area contributed by atoms with Crippen molar-refractivity contribution in [1.82, 2.24) is 19.8 Å². The predicted molar refractivity (Wildman–Crippen MR) is 104 cm³/mol. The molecule has 9 nitrogen and oxygen atoms in total. The molecule has 1 aromatic carbocycles. The van der Waals surface area contributed by atoms with Gasteiger partial charge in [0.05, 0.1) is 26.9 Å². The van der Waals surface area contributed by atoms with Gasteiger partial charge in [-0.15, -0.1) is 11.3 Å².